The van der Waals surface area contributed by atoms with E-state index in [4.69, 9.17) is 4.74 Å². The SMILES string of the molecule is CC(=O)Oc1ccccc1C(=O)Nc1cc(NC(=O)c2ccccc2)cc(C(F)(F)F)c1. The molecule has 9 heteroatoms. The first-order valence-corrected chi connectivity index (χ1v) is 9.31. The Kier molecular flexibility index (Phi) is 6.58. The summed E-state index contributed by atoms with van der Waals surface area (Å²) >= 11 is 0. The van der Waals surface area contributed by atoms with Gasteiger partial charge in [-0.15, -0.1) is 0 Å². The molecule has 0 aromatic heterocycles. The van der Waals surface area contributed by atoms with Crippen LogP contribution in [0.15, 0.2) is 72.8 Å². The zero-order valence-corrected chi connectivity index (χ0v) is 16.7. The molecule has 0 aliphatic heterocycles. The lowest BCUT2D eigenvalue weighted by Gasteiger charge is -2.15. The van der Waals surface area contributed by atoms with Crippen molar-refractivity contribution in [2.75, 3.05) is 10.6 Å². The molecule has 3 rings (SSSR count). The Morgan fingerprint density at radius 2 is 1.34 bits per heavy atom. The predicted octanol–water partition coefficient (Wildman–Crippen LogP) is 5.14. The van der Waals surface area contributed by atoms with Crippen LogP contribution in [0.2, 0.25) is 0 Å². The predicted molar refractivity (Wildman–Crippen MR) is 112 cm³/mol. The van der Waals surface area contributed by atoms with Crippen LogP contribution in [0.4, 0.5) is 24.5 Å². The van der Waals surface area contributed by atoms with Gasteiger partial charge in [0.25, 0.3) is 11.8 Å². The minimum Gasteiger partial charge on any atom is -0.426 e. The maximum Gasteiger partial charge on any atom is 0.416 e. The van der Waals surface area contributed by atoms with Crippen molar-refractivity contribution in [3.05, 3.63) is 89.5 Å². The average Bonchev–Trinajstić information content (AvgIpc) is 2.73. The van der Waals surface area contributed by atoms with E-state index < -0.39 is 29.5 Å². The van der Waals surface area contributed by atoms with Gasteiger partial charge in [-0.3, -0.25) is 14.4 Å². The van der Waals surface area contributed by atoms with Crippen LogP contribution in [0.25, 0.3) is 0 Å². The highest BCUT2D eigenvalue weighted by Gasteiger charge is 2.31. The van der Waals surface area contributed by atoms with Crippen LogP contribution < -0.4 is 15.4 Å². The van der Waals surface area contributed by atoms with E-state index in [0.717, 1.165) is 19.1 Å². The molecule has 0 saturated heterocycles. The third-order valence-corrected chi connectivity index (χ3v) is 4.20. The molecule has 32 heavy (non-hydrogen) atoms. The number of para-hydroxylation sites is 1. The topological polar surface area (TPSA) is 84.5 Å². The third-order valence-electron chi connectivity index (χ3n) is 4.20. The van der Waals surface area contributed by atoms with Crippen LogP contribution in [0, 0.1) is 0 Å². The number of alkyl halides is 3. The first-order chi connectivity index (χ1) is 15.1. The van der Waals surface area contributed by atoms with Crippen molar-refractivity contribution in [3.8, 4) is 5.75 Å². The average molecular weight is 442 g/mol. The van der Waals surface area contributed by atoms with E-state index >= 15 is 0 Å². The maximum absolute atomic E-state index is 13.4. The number of ether oxygens (including phenoxy) is 1. The molecule has 0 spiro atoms. The summed E-state index contributed by atoms with van der Waals surface area (Å²) in [4.78, 5) is 36.3. The van der Waals surface area contributed by atoms with Gasteiger partial charge < -0.3 is 15.4 Å². The Labute approximate surface area is 181 Å². The second-order valence-corrected chi connectivity index (χ2v) is 6.66. The van der Waals surface area contributed by atoms with Gasteiger partial charge in [-0.05, 0) is 42.5 Å². The summed E-state index contributed by atoms with van der Waals surface area (Å²) in [7, 11) is 0. The quantitative estimate of drug-likeness (QED) is 0.424. The third kappa shape index (κ3) is 5.72. The van der Waals surface area contributed by atoms with Crippen molar-refractivity contribution in [3.63, 3.8) is 0 Å². The number of halogens is 3. The van der Waals surface area contributed by atoms with Crippen molar-refractivity contribution in [1.29, 1.82) is 0 Å². The summed E-state index contributed by atoms with van der Waals surface area (Å²) in [6.45, 7) is 1.16. The number of hydrogen-bond donors (Lipinski definition) is 2. The molecule has 0 heterocycles. The highest BCUT2D eigenvalue weighted by molar-refractivity contribution is 6.08. The molecule has 0 aliphatic carbocycles. The summed E-state index contributed by atoms with van der Waals surface area (Å²) in [6, 6.07) is 16.5. The highest BCUT2D eigenvalue weighted by atomic mass is 19.4. The van der Waals surface area contributed by atoms with Gasteiger partial charge in [0.1, 0.15) is 5.75 Å². The molecule has 6 nitrogen and oxygen atoms in total. The maximum atomic E-state index is 13.4. The molecule has 0 saturated carbocycles. The van der Waals surface area contributed by atoms with Crippen LogP contribution in [-0.2, 0) is 11.0 Å². The Balaban J connectivity index is 1.91. The lowest BCUT2D eigenvalue weighted by Crippen LogP contribution is -2.17. The van der Waals surface area contributed by atoms with E-state index in [2.05, 4.69) is 10.6 Å². The minimum atomic E-state index is -4.72. The fourth-order valence-corrected chi connectivity index (χ4v) is 2.82. The molecule has 0 atom stereocenters. The smallest absolute Gasteiger partial charge is 0.416 e. The van der Waals surface area contributed by atoms with Crippen molar-refractivity contribution in [1.82, 2.24) is 0 Å². The molecule has 0 unspecified atom stereocenters. The van der Waals surface area contributed by atoms with Crippen molar-refractivity contribution in [2.45, 2.75) is 13.1 Å². The molecule has 0 radical (unpaired) electrons. The van der Waals surface area contributed by atoms with Gasteiger partial charge in [0.05, 0.1) is 11.1 Å². The summed E-state index contributed by atoms with van der Waals surface area (Å²) in [6.07, 6.45) is -4.72. The molecule has 0 bridgehead atoms. The molecule has 164 valence electrons. The summed E-state index contributed by atoms with van der Waals surface area (Å²) in [5, 5.41) is 4.76. The van der Waals surface area contributed by atoms with Crippen LogP contribution >= 0.6 is 0 Å². The molecule has 3 aromatic rings. The van der Waals surface area contributed by atoms with Crippen LogP contribution in [0.5, 0.6) is 5.75 Å². The number of rotatable bonds is 5. The van der Waals surface area contributed by atoms with E-state index in [1.807, 2.05) is 0 Å². The molecule has 0 aliphatic rings. The molecular weight excluding hydrogens is 425 g/mol. The Morgan fingerprint density at radius 1 is 0.781 bits per heavy atom. The number of carbonyl (C=O) groups excluding carboxylic acids is 3. The van der Waals surface area contributed by atoms with Crippen LogP contribution in [0.1, 0.15) is 33.2 Å². The number of nitrogens with one attached hydrogen (secondary N) is 2. The van der Waals surface area contributed by atoms with Gasteiger partial charge in [-0.25, -0.2) is 0 Å². The zero-order chi connectivity index (χ0) is 23.3. The lowest BCUT2D eigenvalue weighted by atomic mass is 10.1. The van der Waals surface area contributed by atoms with Gasteiger partial charge in [0.15, 0.2) is 0 Å². The van der Waals surface area contributed by atoms with Gasteiger partial charge in [0.2, 0.25) is 0 Å². The van der Waals surface area contributed by atoms with Gasteiger partial charge in [-0.2, -0.15) is 13.2 Å². The Bertz CT molecular complexity index is 1160. The molecule has 2 amide bonds. The highest BCUT2D eigenvalue weighted by Crippen LogP contribution is 2.34. The minimum absolute atomic E-state index is 0.0397. The fraction of sp³-hybridized carbons (Fsp3) is 0.0870. The zero-order valence-electron chi connectivity index (χ0n) is 16.7. The molecular formula is C23H17F3N2O4. The van der Waals surface area contributed by atoms with E-state index in [1.54, 1.807) is 18.2 Å². The number of hydrogen-bond acceptors (Lipinski definition) is 4. The van der Waals surface area contributed by atoms with E-state index in [1.165, 1.54) is 42.5 Å². The second-order valence-electron chi connectivity index (χ2n) is 6.66. The van der Waals surface area contributed by atoms with Gasteiger partial charge in [-0.1, -0.05) is 30.3 Å². The van der Waals surface area contributed by atoms with E-state index in [-0.39, 0.29) is 28.3 Å². The lowest BCUT2D eigenvalue weighted by molar-refractivity contribution is -0.137. The summed E-state index contributed by atoms with van der Waals surface area (Å²) < 4.78 is 45.2. The van der Waals surface area contributed by atoms with Crippen LogP contribution in [-0.4, -0.2) is 17.8 Å². The van der Waals surface area contributed by atoms with E-state index in [0.29, 0.717) is 0 Å². The summed E-state index contributed by atoms with van der Waals surface area (Å²) in [5.41, 5.74) is -1.21. The number of anilines is 2. The Hall–Kier alpha value is -4.14. The van der Waals surface area contributed by atoms with Crippen molar-refractivity contribution in [2.24, 2.45) is 0 Å². The van der Waals surface area contributed by atoms with Gasteiger partial charge in [0, 0.05) is 23.9 Å². The number of carbonyl (C=O) groups is 3. The first kappa shape index (κ1) is 22.5. The standard InChI is InChI=1S/C23H17F3N2O4/c1-14(29)32-20-10-6-5-9-19(20)22(31)28-18-12-16(23(24,25)26)11-17(13-18)27-21(30)15-7-3-2-4-8-15/h2-13H,1H3,(H,27,30)(H,28,31). The number of amides is 2. The number of benzene rings is 3. The summed E-state index contributed by atoms with van der Waals surface area (Å²) in [5.74, 6) is -2.10. The largest absolute Gasteiger partial charge is 0.426 e. The van der Waals surface area contributed by atoms with E-state index in [9.17, 15) is 27.6 Å². The van der Waals surface area contributed by atoms with Gasteiger partial charge >= 0.3 is 12.1 Å². The second kappa shape index (κ2) is 9.34. The van der Waals surface area contributed by atoms with Crippen molar-refractivity contribution < 1.29 is 32.3 Å². The fourth-order valence-electron chi connectivity index (χ4n) is 2.82. The Morgan fingerprint density at radius 3 is 1.94 bits per heavy atom. The molecule has 3 aromatic carbocycles. The monoisotopic (exact) mass is 442 g/mol. The number of esters is 1. The molecule has 2 N–H and O–H groups in total. The molecule has 0 fully saturated rings. The van der Waals surface area contributed by atoms with Crippen LogP contribution in [0.3, 0.4) is 0 Å². The normalized spacial score (nSPS) is 10.9. The first-order valence-electron chi connectivity index (χ1n) is 9.31. The van der Waals surface area contributed by atoms with Crippen molar-refractivity contribution >= 4 is 29.2 Å².